The Balaban J connectivity index is 1.01. The second kappa shape index (κ2) is 48.0. The van der Waals surface area contributed by atoms with Gasteiger partial charge in [-0.25, -0.2) is 4.98 Å². The summed E-state index contributed by atoms with van der Waals surface area (Å²) in [6.45, 7) is 2.38. The number of carbonyl (C=O) groups is 18. The summed E-state index contributed by atoms with van der Waals surface area (Å²) in [6.07, 6.45) is 3.28. The molecule has 0 radical (unpaired) electrons. The number of para-hydroxylation sites is 2. The number of nitrogens with two attached hydrogens (primary N) is 3. The summed E-state index contributed by atoms with van der Waals surface area (Å²) in [5.74, 6) is -18.2. The SMILES string of the molecule is CCCC[C@H]1C(=O)N(C)[C@@H](CCCC)C(=O)N[C@@H](C)C(=O)N[C@H](C(=O)NCC(N)=O)CSCC(=O)N[C@H](Cc2ccc(O)cc2)C(=O)N2CCCC[C@H]2C(=O)N[C@@H](CC(N)=O)C(=O)N2CCC[C@H]2C(=O)N[C@@H](Cc2cnc[nH]2)C(=O)N[C@@H](CCC(N)=O)C(=O)N2C[C@H](O)C[C@H]2C(=O)N[C@@H](Cc2c[nH]c3ccccc23)C(=O)N[C@@H](CO)C(=O)N[C@@H](Cc2c[nH]c3ccccc23)C(=O)N1C. The molecule has 0 bridgehead atoms. The second-order valence-electron chi connectivity index (χ2n) is 34.0. The van der Waals surface area contributed by atoms with Crippen LogP contribution in [0, 0.1) is 0 Å². The number of primary amides is 3. The molecule has 18 amide bonds. The number of nitrogens with zero attached hydrogens (tertiary/aromatic N) is 6. The van der Waals surface area contributed by atoms with Gasteiger partial charge in [0.05, 0.1) is 37.8 Å². The zero-order chi connectivity index (χ0) is 96.4. The average Bonchev–Trinajstić information content (AvgIpc) is 1.64. The van der Waals surface area contributed by atoms with Gasteiger partial charge >= 0.3 is 0 Å². The molecule has 0 saturated carbocycles. The first-order chi connectivity index (χ1) is 63.6. The number of H-pyrrole nitrogens is 3. The molecule has 0 unspecified atom stereocenters. The van der Waals surface area contributed by atoms with Crippen molar-refractivity contribution in [1.29, 1.82) is 0 Å². The molecule has 4 fully saturated rings. The Bertz CT molecular complexity index is 5210. The summed E-state index contributed by atoms with van der Waals surface area (Å²) in [6, 6.07) is -2.41. The van der Waals surface area contributed by atoms with Gasteiger partial charge in [-0.15, -0.1) is 11.8 Å². The van der Waals surface area contributed by atoms with Gasteiger partial charge in [0.25, 0.3) is 0 Å². The number of benzene rings is 3. The van der Waals surface area contributed by atoms with E-state index in [2.05, 4.69) is 73.1 Å². The number of aromatic amines is 3. The predicted molar refractivity (Wildman–Crippen MR) is 482 cm³/mol. The number of piperidine rings is 1. The Morgan fingerprint density at radius 2 is 1.04 bits per heavy atom. The molecule has 44 heteroatoms. The van der Waals surface area contributed by atoms with E-state index in [1.54, 1.807) is 60.9 Å². The first kappa shape index (κ1) is 102. The number of aliphatic hydroxyl groups excluding tert-OH is 2. The zero-order valence-corrected chi connectivity index (χ0v) is 75.6. The van der Waals surface area contributed by atoms with Crippen molar-refractivity contribution in [2.75, 3.05) is 58.4 Å². The van der Waals surface area contributed by atoms with Gasteiger partial charge in [-0.2, -0.15) is 0 Å². The van der Waals surface area contributed by atoms with E-state index in [9.17, 15) is 58.5 Å². The van der Waals surface area contributed by atoms with Crippen molar-refractivity contribution in [2.45, 2.75) is 233 Å². The van der Waals surface area contributed by atoms with Crippen LogP contribution in [-0.4, -0.2) is 315 Å². The van der Waals surface area contributed by atoms with Crippen molar-refractivity contribution in [3.05, 3.63) is 120 Å². The smallest absolute Gasteiger partial charge is 0.246 e. The van der Waals surface area contributed by atoms with E-state index in [0.29, 0.717) is 77.0 Å². The number of phenolic OH excluding ortho intramolecular Hbond substituents is 1. The summed E-state index contributed by atoms with van der Waals surface area (Å²) in [5.41, 5.74) is 19.7. The number of nitrogens with one attached hydrogen (secondary N) is 13. The lowest BCUT2D eigenvalue weighted by atomic mass is 9.97. The molecule has 133 heavy (non-hydrogen) atoms. The van der Waals surface area contributed by atoms with Gasteiger partial charge in [0, 0.05) is 124 Å². The highest BCUT2D eigenvalue weighted by molar-refractivity contribution is 8.00. The van der Waals surface area contributed by atoms with Crippen LogP contribution < -0.4 is 70.4 Å². The highest BCUT2D eigenvalue weighted by atomic mass is 32.2. The molecule has 0 spiro atoms. The molecule has 4 aliphatic rings. The minimum Gasteiger partial charge on any atom is -0.508 e. The van der Waals surface area contributed by atoms with Crippen LogP contribution >= 0.6 is 11.8 Å². The minimum atomic E-state index is -1.91. The Morgan fingerprint density at radius 1 is 0.511 bits per heavy atom. The van der Waals surface area contributed by atoms with Gasteiger partial charge in [-0.05, 0) is 99.2 Å². The van der Waals surface area contributed by atoms with Gasteiger partial charge in [0.2, 0.25) is 106 Å². The number of imidazole rings is 1. The topological polar surface area (TPSA) is 643 Å². The molecule has 4 aliphatic heterocycles. The number of phenols is 1. The molecule has 15 atom stereocenters. The summed E-state index contributed by atoms with van der Waals surface area (Å²) >= 11 is 0.792. The van der Waals surface area contributed by atoms with Crippen molar-refractivity contribution in [1.82, 2.24) is 97.6 Å². The lowest BCUT2D eigenvalue weighted by molar-refractivity contribution is -0.149. The van der Waals surface area contributed by atoms with Crippen molar-refractivity contribution in [2.24, 2.45) is 17.2 Å². The molecule has 43 nitrogen and oxygen atoms in total. The minimum absolute atomic E-state index is 0.00509. The number of likely N-dealkylation sites (N-methyl/N-ethyl adjacent to an activating group) is 2. The fourth-order valence-electron chi connectivity index (χ4n) is 17.0. The summed E-state index contributed by atoms with van der Waals surface area (Å²) in [4.78, 5) is 281. The van der Waals surface area contributed by atoms with Crippen LogP contribution in [0.4, 0.5) is 0 Å². The molecule has 7 heterocycles. The van der Waals surface area contributed by atoms with Crippen LogP contribution in [0.5, 0.6) is 5.75 Å². The molecular weight excluding hydrogens is 1750 g/mol. The highest BCUT2D eigenvalue weighted by Gasteiger charge is 2.47. The zero-order valence-electron chi connectivity index (χ0n) is 74.8. The summed E-state index contributed by atoms with van der Waals surface area (Å²) < 4.78 is 0. The largest absolute Gasteiger partial charge is 0.508 e. The first-order valence-corrected chi connectivity index (χ1v) is 45.7. The number of hydrogen-bond acceptors (Lipinski definition) is 23. The maximum Gasteiger partial charge on any atom is 0.246 e. The van der Waals surface area contributed by atoms with Crippen LogP contribution in [0.25, 0.3) is 21.8 Å². The van der Waals surface area contributed by atoms with Gasteiger partial charge in [0.1, 0.15) is 90.3 Å². The highest BCUT2D eigenvalue weighted by Crippen LogP contribution is 2.29. The maximum absolute atomic E-state index is 15.6. The van der Waals surface area contributed by atoms with Crippen LogP contribution in [-0.2, 0) is 112 Å². The van der Waals surface area contributed by atoms with Crippen LogP contribution in [0.3, 0.4) is 0 Å². The van der Waals surface area contributed by atoms with E-state index in [1.807, 2.05) is 13.8 Å². The maximum atomic E-state index is 15.6. The Morgan fingerprint density at radius 3 is 1.63 bits per heavy atom. The van der Waals surface area contributed by atoms with Gasteiger partial charge in [-0.3, -0.25) is 86.3 Å². The second-order valence-corrected chi connectivity index (χ2v) is 35.0. The standard InChI is InChI=1S/C89H120N22O21S/c1-6-8-21-67-81(124)98-48(3)76(119)106-66(77(120)96-42-74(92)117)45-133-46-75(118)99-62(33-49-25-27-53(113)28-26-49)87(130)109-31-15-14-23-68(109)83(126)104-64(38-73(91)116)88(131)110-32-16-24-69(110)82(125)102-61(36-52-41-93-47-97-52)79(122)100-59(29-30-72(90)115)86(129)111-43-54(114)37-71(111)84(127)101-60(34-50-39-94-57-19-12-10-17-55(50)57)78(121)105-65(44-112)80(123)103-63(35-51-40-95-58-20-13-11-18-56(51)58)85(128)108(5)70(22-9-7-2)89(132)107(67)4/h10-13,17-20,25-28,39-41,47-48,54,59-71,94-95,112-114H,6-9,14-16,21-24,29-38,42-46H2,1-5H3,(H2,90,115)(H2,91,116)(H2,92,117)(H,93,97)(H,96,120)(H,98,124)(H,99,118)(H,100,122)(H,101,127)(H,102,125)(H,103,123)(H,104,126)(H,105,121)(H,106,119)/t48-,54+,59-,60-,61-,62+,63-,64-,65-,66-,67-,68-,69-,70-,71-/m0/s1. The number of thioether (sulfide) groups is 1. The third-order valence-electron chi connectivity index (χ3n) is 24.2. The van der Waals surface area contributed by atoms with Crippen molar-refractivity contribution in [3.63, 3.8) is 0 Å². The Labute approximate surface area is 770 Å². The molecule has 718 valence electrons. The molecule has 10 rings (SSSR count). The quantitative estimate of drug-likeness (QED) is 0.0297. The predicted octanol–water partition coefficient (Wildman–Crippen LogP) is -3.42. The summed E-state index contributed by atoms with van der Waals surface area (Å²) in [5, 5.41) is 60.2. The van der Waals surface area contributed by atoms with E-state index >= 15 is 43.2 Å². The molecule has 4 saturated heterocycles. The number of aromatic nitrogens is 4. The van der Waals surface area contributed by atoms with Gasteiger partial charge < -0.3 is 125 Å². The number of fused-ring (bicyclic) bond motifs is 5. The molecule has 0 aliphatic carbocycles. The van der Waals surface area contributed by atoms with Crippen molar-refractivity contribution >= 4 is 140 Å². The number of aliphatic hydroxyl groups is 2. The number of unbranched alkanes of at least 4 members (excludes halogenated alkanes) is 2. The Kier molecular flexibility index (Phi) is 36.7. The van der Waals surface area contributed by atoms with Gasteiger partial charge in [-0.1, -0.05) is 88.1 Å². The third kappa shape index (κ3) is 27.3. The van der Waals surface area contributed by atoms with Crippen molar-refractivity contribution in [3.8, 4) is 5.75 Å². The molecule has 22 N–H and O–H groups in total. The van der Waals surface area contributed by atoms with E-state index in [1.165, 1.54) is 62.7 Å². The van der Waals surface area contributed by atoms with Gasteiger partial charge in [0.15, 0.2) is 0 Å². The number of amides is 18. The molecule has 3 aromatic heterocycles. The number of rotatable bonds is 23. The van der Waals surface area contributed by atoms with E-state index in [0.717, 1.165) is 31.4 Å². The van der Waals surface area contributed by atoms with Crippen LogP contribution in [0.15, 0.2) is 97.7 Å². The summed E-state index contributed by atoms with van der Waals surface area (Å²) in [7, 11) is 2.69. The molecular formula is C89H120N22O21S. The first-order valence-electron chi connectivity index (χ1n) is 44.6. The normalized spacial score (nSPS) is 25.4. The van der Waals surface area contributed by atoms with E-state index in [-0.39, 0.29) is 82.3 Å². The number of hydrogen-bond donors (Lipinski definition) is 19. The third-order valence-corrected chi connectivity index (χ3v) is 25.2. The lowest BCUT2D eigenvalue weighted by Crippen LogP contribution is -2.62. The van der Waals surface area contributed by atoms with E-state index < -0.39 is 254 Å². The molecule has 3 aromatic carbocycles. The monoisotopic (exact) mass is 1860 g/mol. The average molecular weight is 1870 g/mol. The lowest BCUT2D eigenvalue weighted by Gasteiger charge is -2.38. The Hall–Kier alpha value is -13.5. The van der Waals surface area contributed by atoms with E-state index in [4.69, 9.17) is 17.2 Å². The van der Waals surface area contributed by atoms with Crippen molar-refractivity contribution < 1.29 is 102 Å². The number of aromatic hydroxyl groups is 1. The van der Waals surface area contributed by atoms with Crippen LogP contribution in [0.1, 0.15) is 139 Å². The van der Waals surface area contributed by atoms with Crippen LogP contribution in [0.2, 0.25) is 0 Å². The fourth-order valence-corrected chi connectivity index (χ4v) is 17.9. The fraction of sp³-hybridized carbons (Fsp3) is 0.517. The molecule has 6 aromatic rings. The number of carbonyl (C=O) groups excluding carboxylic acids is 18.